The van der Waals surface area contributed by atoms with Gasteiger partial charge >= 0.3 is 5.97 Å². The second kappa shape index (κ2) is 8.08. The molecule has 0 saturated heterocycles. The van der Waals surface area contributed by atoms with E-state index in [1.807, 2.05) is 0 Å². The van der Waals surface area contributed by atoms with E-state index < -0.39 is 45.6 Å². The Labute approximate surface area is 171 Å². The summed E-state index contributed by atoms with van der Waals surface area (Å²) in [5.74, 6) is -4.10. The van der Waals surface area contributed by atoms with Crippen LogP contribution in [-0.2, 0) is 21.2 Å². The van der Waals surface area contributed by atoms with E-state index in [0.717, 1.165) is 0 Å². The van der Waals surface area contributed by atoms with Gasteiger partial charge in [-0.05, 0) is 49.2 Å². The number of nitrogens with zero attached hydrogens (tertiary/aromatic N) is 1. The zero-order valence-corrected chi connectivity index (χ0v) is 16.8. The van der Waals surface area contributed by atoms with Crippen LogP contribution in [0.1, 0.15) is 33.2 Å². The van der Waals surface area contributed by atoms with Crippen molar-refractivity contribution in [2.45, 2.75) is 13.3 Å². The minimum absolute atomic E-state index is 0.0321. The summed E-state index contributed by atoms with van der Waals surface area (Å²) in [5, 5.41) is -0.337. The van der Waals surface area contributed by atoms with Crippen molar-refractivity contribution in [3.8, 4) is 0 Å². The molecule has 0 atom stereocenters. The van der Waals surface area contributed by atoms with Crippen LogP contribution in [0.3, 0.4) is 0 Å². The molecule has 1 heterocycles. The molecule has 10 heteroatoms. The fraction of sp³-hybridized carbons (Fsp3) is 0.263. The Morgan fingerprint density at radius 3 is 2.55 bits per heavy atom. The second-order valence-corrected chi connectivity index (χ2v) is 8.90. The van der Waals surface area contributed by atoms with E-state index in [4.69, 9.17) is 16.3 Å². The largest absolute Gasteiger partial charge is 0.454 e. The smallest absolute Gasteiger partial charge is 0.340 e. The Kier molecular flexibility index (Phi) is 5.90. The lowest BCUT2D eigenvalue weighted by Gasteiger charge is -2.18. The van der Waals surface area contributed by atoms with Crippen LogP contribution in [-0.4, -0.2) is 39.1 Å². The molecular weight excluding hydrogens is 428 g/mol. The standard InChI is InChI=1S/C19H16ClF2NO5S/c1-2-29(26,27)23-6-5-11-7-12(3-4-17(11)23)18(24)10-28-19(25)13-8-15(21)16(22)9-14(13)20/h3-4,7-9H,2,5-6,10H2,1H3. The molecule has 2 aromatic carbocycles. The van der Waals surface area contributed by atoms with E-state index in [1.165, 1.54) is 16.4 Å². The van der Waals surface area contributed by atoms with Gasteiger partial charge in [-0.25, -0.2) is 22.0 Å². The first-order valence-electron chi connectivity index (χ1n) is 8.62. The highest BCUT2D eigenvalue weighted by molar-refractivity contribution is 7.92. The zero-order chi connectivity index (χ0) is 21.3. The number of ether oxygens (including phenoxy) is 1. The molecule has 3 rings (SSSR count). The maximum absolute atomic E-state index is 13.3. The number of esters is 1. The number of ketones is 1. The van der Waals surface area contributed by atoms with Crippen LogP contribution in [0.15, 0.2) is 30.3 Å². The highest BCUT2D eigenvalue weighted by atomic mass is 35.5. The Hall–Kier alpha value is -2.52. The molecule has 154 valence electrons. The molecule has 6 nitrogen and oxygen atoms in total. The van der Waals surface area contributed by atoms with E-state index >= 15 is 0 Å². The minimum Gasteiger partial charge on any atom is -0.454 e. The van der Waals surface area contributed by atoms with Crippen LogP contribution in [0.5, 0.6) is 0 Å². The lowest BCUT2D eigenvalue weighted by molar-refractivity contribution is 0.0474. The molecule has 2 aromatic rings. The van der Waals surface area contributed by atoms with Gasteiger partial charge in [0, 0.05) is 12.1 Å². The number of rotatable bonds is 6. The molecule has 0 N–H and O–H groups in total. The number of carbonyl (C=O) groups excluding carboxylic acids is 2. The van der Waals surface area contributed by atoms with Crippen LogP contribution in [0.25, 0.3) is 0 Å². The van der Waals surface area contributed by atoms with Crippen molar-refractivity contribution in [1.82, 2.24) is 0 Å². The van der Waals surface area contributed by atoms with Gasteiger partial charge in [0.1, 0.15) is 0 Å². The van der Waals surface area contributed by atoms with Gasteiger partial charge in [0.2, 0.25) is 10.0 Å². The topological polar surface area (TPSA) is 80.8 Å². The van der Waals surface area contributed by atoms with Gasteiger partial charge in [0.05, 0.1) is 22.0 Å². The fourth-order valence-electron chi connectivity index (χ4n) is 2.96. The van der Waals surface area contributed by atoms with Gasteiger partial charge in [-0.15, -0.1) is 0 Å². The average molecular weight is 444 g/mol. The Bertz CT molecular complexity index is 1100. The van der Waals surface area contributed by atoms with Gasteiger partial charge < -0.3 is 4.74 Å². The first-order chi connectivity index (χ1) is 13.6. The molecule has 0 bridgehead atoms. The fourth-order valence-corrected chi connectivity index (χ4v) is 4.35. The van der Waals surface area contributed by atoms with Crippen molar-refractivity contribution >= 4 is 39.1 Å². The van der Waals surface area contributed by atoms with Crippen molar-refractivity contribution in [3.63, 3.8) is 0 Å². The van der Waals surface area contributed by atoms with E-state index in [1.54, 1.807) is 13.0 Å². The minimum atomic E-state index is -3.40. The molecule has 0 fully saturated rings. The lowest BCUT2D eigenvalue weighted by atomic mass is 10.1. The predicted octanol–water partition coefficient (Wildman–Crippen LogP) is 3.37. The molecule has 0 spiro atoms. The molecule has 0 saturated carbocycles. The van der Waals surface area contributed by atoms with Crippen LogP contribution in [0.2, 0.25) is 5.02 Å². The number of carbonyl (C=O) groups is 2. The lowest BCUT2D eigenvalue weighted by Crippen LogP contribution is -2.30. The molecular formula is C19H16ClF2NO5S. The Morgan fingerprint density at radius 1 is 1.17 bits per heavy atom. The quantitative estimate of drug-likeness (QED) is 0.388. The number of halogens is 3. The van der Waals surface area contributed by atoms with Crippen LogP contribution < -0.4 is 4.31 Å². The normalized spacial score (nSPS) is 13.3. The zero-order valence-electron chi connectivity index (χ0n) is 15.2. The number of Topliss-reactive ketones (excluding diaryl/α,β-unsaturated/α-hetero) is 1. The van der Waals surface area contributed by atoms with Gasteiger partial charge in [0.15, 0.2) is 24.0 Å². The van der Waals surface area contributed by atoms with Crippen LogP contribution >= 0.6 is 11.6 Å². The predicted molar refractivity (Wildman–Crippen MR) is 103 cm³/mol. The number of fused-ring (bicyclic) bond motifs is 1. The van der Waals surface area contributed by atoms with Gasteiger partial charge in [0.25, 0.3) is 0 Å². The monoisotopic (exact) mass is 443 g/mol. The molecule has 0 amide bonds. The van der Waals surface area contributed by atoms with Gasteiger partial charge in [-0.2, -0.15) is 0 Å². The number of benzene rings is 2. The van der Waals surface area contributed by atoms with Gasteiger partial charge in [-0.1, -0.05) is 11.6 Å². The average Bonchev–Trinajstić information content (AvgIpc) is 3.12. The molecule has 0 radical (unpaired) electrons. The second-order valence-electron chi connectivity index (χ2n) is 6.31. The van der Waals surface area contributed by atoms with Crippen LogP contribution in [0.4, 0.5) is 14.5 Å². The summed E-state index contributed by atoms with van der Waals surface area (Å²) >= 11 is 5.71. The summed E-state index contributed by atoms with van der Waals surface area (Å²) in [6, 6.07) is 5.79. The maximum atomic E-state index is 13.3. The molecule has 0 aliphatic carbocycles. The highest BCUT2D eigenvalue weighted by Crippen LogP contribution is 2.31. The summed E-state index contributed by atoms with van der Waals surface area (Å²) in [4.78, 5) is 24.4. The molecule has 0 aromatic heterocycles. The molecule has 1 aliphatic rings. The first kappa shape index (κ1) is 21.2. The highest BCUT2D eigenvalue weighted by Gasteiger charge is 2.28. The summed E-state index contributed by atoms with van der Waals surface area (Å²) in [6.07, 6.45) is 0.458. The van der Waals surface area contributed by atoms with Gasteiger partial charge in [-0.3, -0.25) is 9.10 Å². The number of hydrogen-bond acceptors (Lipinski definition) is 5. The number of anilines is 1. The molecule has 0 unspecified atom stereocenters. The number of sulfonamides is 1. The first-order valence-corrected chi connectivity index (χ1v) is 10.6. The Balaban J connectivity index is 1.71. The third-order valence-electron chi connectivity index (χ3n) is 4.52. The summed E-state index contributed by atoms with van der Waals surface area (Å²) in [5.41, 5.74) is 1.06. The Morgan fingerprint density at radius 2 is 1.86 bits per heavy atom. The van der Waals surface area contributed by atoms with Crippen molar-refractivity contribution < 1.29 is 31.5 Å². The molecule has 29 heavy (non-hydrogen) atoms. The van der Waals surface area contributed by atoms with Crippen molar-refractivity contribution in [1.29, 1.82) is 0 Å². The summed E-state index contributed by atoms with van der Waals surface area (Å²) in [6.45, 7) is 1.22. The summed E-state index contributed by atoms with van der Waals surface area (Å²) < 4.78 is 56.8. The van der Waals surface area contributed by atoms with E-state index in [-0.39, 0.29) is 16.3 Å². The third-order valence-corrected chi connectivity index (χ3v) is 6.61. The number of hydrogen-bond donors (Lipinski definition) is 0. The summed E-state index contributed by atoms with van der Waals surface area (Å²) in [7, 11) is -3.40. The maximum Gasteiger partial charge on any atom is 0.340 e. The van der Waals surface area contributed by atoms with Crippen molar-refractivity contribution in [2.75, 3.05) is 23.2 Å². The van der Waals surface area contributed by atoms with Crippen LogP contribution in [0, 0.1) is 11.6 Å². The van der Waals surface area contributed by atoms with E-state index in [9.17, 15) is 26.8 Å². The van der Waals surface area contributed by atoms with Crippen molar-refractivity contribution in [2.24, 2.45) is 0 Å². The third kappa shape index (κ3) is 4.25. The van der Waals surface area contributed by atoms with E-state index in [0.29, 0.717) is 36.3 Å². The molecule has 1 aliphatic heterocycles. The van der Waals surface area contributed by atoms with E-state index in [2.05, 4.69) is 0 Å². The van der Waals surface area contributed by atoms with Crippen molar-refractivity contribution in [3.05, 3.63) is 63.7 Å². The SMILES string of the molecule is CCS(=O)(=O)N1CCc2cc(C(=O)COC(=O)c3cc(F)c(F)cc3Cl)ccc21.